The van der Waals surface area contributed by atoms with Gasteiger partial charge in [0.05, 0.1) is 22.5 Å². The molecule has 0 bridgehead atoms. The number of nitrogens with zero attached hydrogens (tertiary/aromatic N) is 4. The summed E-state index contributed by atoms with van der Waals surface area (Å²) >= 11 is 1.27. The van der Waals surface area contributed by atoms with Crippen molar-refractivity contribution in [2.75, 3.05) is 24.2 Å². The van der Waals surface area contributed by atoms with E-state index in [4.69, 9.17) is 19.0 Å². The Hall–Kier alpha value is -3.20. The number of benzene rings is 1. The molecule has 0 atom stereocenters. The van der Waals surface area contributed by atoms with Crippen LogP contribution in [0.15, 0.2) is 29.2 Å². The topological polar surface area (TPSA) is 122 Å². The highest BCUT2D eigenvalue weighted by Gasteiger charge is 2.38. The standard InChI is InChI=1S/C36H52N4O7S2Si/c1-34(2,3)46-32(41)39-25-17-16-23(22-45-50(11,12)36(7,8)9)20-24(25)21-26(39)27-29-28(40(37-27)33(42)47-35(4,5)6)30(49(10,43)44)31(48-29)38-18-14-13-15-19-38/h16-17,20-21H,13-15,18-19,22H2,1-12H3. The van der Waals surface area contributed by atoms with Gasteiger partial charge in [-0.3, -0.25) is 0 Å². The fourth-order valence-electron chi connectivity index (χ4n) is 5.70. The van der Waals surface area contributed by atoms with Gasteiger partial charge in [0, 0.05) is 24.7 Å². The van der Waals surface area contributed by atoms with E-state index in [1.807, 2.05) is 24.3 Å². The Bertz CT molecular complexity index is 2050. The van der Waals surface area contributed by atoms with Gasteiger partial charge in [-0.25, -0.2) is 22.6 Å². The lowest BCUT2D eigenvalue weighted by atomic mass is 10.1. The van der Waals surface area contributed by atoms with E-state index in [0.717, 1.165) is 41.1 Å². The van der Waals surface area contributed by atoms with E-state index < -0.39 is 41.5 Å². The zero-order chi connectivity index (χ0) is 37.2. The number of hydrogen-bond donors (Lipinski definition) is 0. The second-order valence-electron chi connectivity index (χ2n) is 16.8. The quantitative estimate of drug-likeness (QED) is 0.178. The van der Waals surface area contributed by atoms with Crippen molar-refractivity contribution in [1.29, 1.82) is 0 Å². The Morgan fingerprint density at radius 3 is 2.06 bits per heavy atom. The largest absolute Gasteiger partial charge is 0.443 e. The van der Waals surface area contributed by atoms with Gasteiger partial charge in [0.25, 0.3) is 0 Å². The lowest BCUT2D eigenvalue weighted by Gasteiger charge is -2.36. The number of piperidine rings is 1. The molecule has 4 heterocycles. The summed E-state index contributed by atoms with van der Waals surface area (Å²) in [5.74, 6) is 0. The van der Waals surface area contributed by atoms with Crippen molar-refractivity contribution in [2.24, 2.45) is 0 Å². The number of sulfone groups is 1. The highest BCUT2D eigenvalue weighted by atomic mass is 32.2. The summed E-state index contributed by atoms with van der Waals surface area (Å²) < 4.78 is 48.3. The summed E-state index contributed by atoms with van der Waals surface area (Å²) in [6.45, 7) is 23.4. The Morgan fingerprint density at radius 1 is 0.900 bits per heavy atom. The fraction of sp³-hybridized carbons (Fsp3) is 0.583. The van der Waals surface area contributed by atoms with Crippen molar-refractivity contribution in [2.45, 2.75) is 122 Å². The number of anilines is 1. The van der Waals surface area contributed by atoms with Crippen molar-refractivity contribution in [1.82, 2.24) is 14.3 Å². The minimum absolute atomic E-state index is 0.0361. The van der Waals surface area contributed by atoms with Gasteiger partial charge in [0.2, 0.25) is 0 Å². The van der Waals surface area contributed by atoms with Crippen LogP contribution in [0.2, 0.25) is 18.1 Å². The molecule has 1 aliphatic rings. The third-order valence-electron chi connectivity index (χ3n) is 9.12. The SMILES string of the molecule is CC(C)(C)OC(=O)n1nc(-c2cc3cc(CO[Si](C)(C)C(C)(C)C)ccc3n2C(=O)OC(C)(C)C)c2sc(N3CCCCC3)c(S(C)(=O)=O)c21. The zero-order valence-electron chi connectivity index (χ0n) is 31.5. The Kier molecular flexibility index (Phi) is 9.96. The number of thiophene rings is 1. The third kappa shape index (κ3) is 7.82. The van der Waals surface area contributed by atoms with Crippen LogP contribution < -0.4 is 4.90 Å². The van der Waals surface area contributed by atoms with E-state index in [9.17, 15) is 18.0 Å². The minimum Gasteiger partial charge on any atom is -0.443 e. The lowest BCUT2D eigenvalue weighted by Crippen LogP contribution is -2.40. The maximum Gasteiger partial charge on any atom is 0.435 e. The first-order valence-corrected chi connectivity index (χ1v) is 22.8. The van der Waals surface area contributed by atoms with Gasteiger partial charge in [-0.05, 0) is 103 Å². The first-order chi connectivity index (χ1) is 22.9. The molecule has 0 radical (unpaired) electrons. The van der Waals surface area contributed by atoms with Crippen LogP contribution in [0.4, 0.5) is 14.6 Å². The van der Waals surface area contributed by atoms with Crippen LogP contribution in [-0.2, 0) is 30.3 Å². The molecule has 3 aromatic heterocycles. The van der Waals surface area contributed by atoms with Crippen LogP contribution in [0.3, 0.4) is 0 Å². The van der Waals surface area contributed by atoms with Gasteiger partial charge >= 0.3 is 12.2 Å². The molecular weight excluding hydrogens is 693 g/mol. The molecular formula is C36H52N4O7S2Si. The molecule has 1 aliphatic heterocycles. The second kappa shape index (κ2) is 13.1. The molecule has 0 unspecified atom stereocenters. The van der Waals surface area contributed by atoms with Crippen LogP contribution in [0, 0.1) is 0 Å². The normalized spacial score (nSPS) is 15.2. The lowest BCUT2D eigenvalue weighted by molar-refractivity contribution is 0.0520. The molecule has 0 saturated carbocycles. The van der Waals surface area contributed by atoms with Crippen LogP contribution >= 0.6 is 11.3 Å². The van der Waals surface area contributed by atoms with Crippen LogP contribution in [0.25, 0.3) is 32.5 Å². The number of carbonyl (C=O) groups excluding carboxylic acids is 2. The zero-order valence-corrected chi connectivity index (χ0v) is 34.1. The molecule has 50 heavy (non-hydrogen) atoms. The maximum absolute atomic E-state index is 14.0. The van der Waals surface area contributed by atoms with Crippen molar-refractivity contribution < 1.29 is 31.9 Å². The molecule has 0 N–H and O–H groups in total. The van der Waals surface area contributed by atoms with Gasteiger partial charge in [0.1, 0.15) is 32.3 Å². The average molecular weight is 745 g/mol. The third-order valence-corrected chi connectivity index (χ3v) is 16.1. The van der Waals surface area contributed by atoms with E-state index >= 15 is 0 Å². The number of aromatic nitrogens is 3. The molecule has 0 amide bonds. The van der Waals surface area contributed by atoms with E-state index in [2.05, 4.69) is 38.8 Å². The predicted octanol–water partition coefficient (Wildman–Crippen LogP) is 9.20. The molecule has 1 fully saturated rings. The second-order valence-corrected chi connectivity index (χ2v) is 24.5. The maximum atomic E-state index is 14.0. The Morgan fingerprint density at radius 2 is 1.50 bits per heavy atom. The summed E-state index contributed by atoms with van der Waals surface area (Å²) in [5, 5.41) is 6.09. The summed E-state index contributed by atoms with van der Waals surface area (Å²) in [6, 6.07) is 7.64. The summed E-state index contributed by atoms with van der Waals surface area (Å²) in [7, 11) is -5.89. The van der Waals surface area contributed by atoms with Gasteiger partial charge < -0.3 is 18.8 Å². The summed E-state index contributed by atoms with van der Waals surface area (Å²) in [5.41, 5.74) is 0.651. The van der Waals surface area contributed by atoms with Gasteiger partial charge in [-0.15, -0.1) is 11.3 Å². The number of rotatable bonds is 6. The number of fused-ring (bicyclic) bond motifs is 2. The molecule has 1 aromatic carbocycles. The highest BCUT2D eigenvalue weighted by molar-refractivity contribution is 7.91. The molecule has 11 nitrogen and oxygen atoms in total. The first-order valence-electron chi connectivity index (χ1n) is 17.1. The van der Waals surface area contributed by atoms with Crippen LogP contribution in [0.5, 0.6) is 0 Å². The van der Waals surface area contributed by atoms with Gasteiger partial charge in [-0.1, -0.05) is 26.8 Å². The Labute approximate surface area is 300 Å². The number of carbonyl (C=O) groups is 2. The molecule has 0 aliphatic carbocycles. The number of hydrogen-bond acceptors (Lipinski definition) is 10. The summed E-state index contributed by atoms with van der Waals surface area (Å²) in [4.78, 5) is 29.9. The van der Waals surface area contributed by atoms with Crippen LogP contribution in [-0.4, -0.2) is 73.8 Å². The highest BCUT2D eigenvalue weighted by Crippen LogP contribution is 2.47. The molecule has 0 spiro atoms. The van der Waals surface area contributed by atoms with E-state index in [-0.39, 0.29) is 21.1 Å². The smallest absolute Gasteiger partial charge is 0.435 e. The summed E-state index contributed by atoms with van der Waals surface area (Å²) in [6.07, 6.45) is 2.63. The fourth-order valence-corrected chi connectivity index (χ4v) is 9.51. The molecule has 5 rings (SSSR count). The average Bonchev–Trinajstić information content (AvgIpc) is 3.64. The van der Waals surface area contributed by atoms with Crippen molar-refractivity contribution >= 4 is 67.8 Å². The van der Waals surface area contributed by atoms with Crippen LogP contribution in [0.1, 0.15) is 87.1 Å². The molecule has 274 valence electrons. The van der Waals surface area contributed by atoms with E-state index in [1.165, 1.54) is 15.9 Å². The van der Waals surface area contributed by atoms with E-state index in [1.54, 1.807) is 41.5 Å². The molecule has 14 heteroatoms. The Balaban J connectivity index is 1.79. The van der Waals surface area contributed by atoms with Crippen molar-refractivity contribution in [3.63, 3.8) is 0 Å². The minimum atomic E-state index is -3.85. The van der Waals surface area contributed by atoms with Crippen molar-refractivity contribution in [3.05, 3.63) is 29.8 Å². The monoisotopic (exact) mass is 744 g/mol. The van der Waals surface area contributed by atoms with Crippen molar-refractivity contribution in [3.8, 4) is 11.4 Å². The number of ether oxygens (including phenoxy) is 2. The molecule has 1 saturated heterocycles. The van der Waals surface area contributed by atoms with E-state index in [0.29, 0.717) is 40.6 Å². The first kappa shape index (κ1) is 38.0. The molecule has 4 aromatic rings. The van der Waals surface area contributed by atoms with Gasteiger partial charge in [0.15, 0.2) is 18.2 Å². The van der Waals surface area contributed by atoms with Gasteiger partial charge in [-0.2, -0.15) is 9.78 Å². The predicted molar refractivity (Wildman–Crippen MR) is 203 cm³/mol.